The normalized spacial score (nSPS) is 15.6. The van der Waals surface area contributed by atoms with Gasteiger partial charge in [0.1, 0.15) is 11.5 Å². The highest BCUT2D eigenvalue weighted by molar-refractivity contribution is 5.94. The molecule has 34 heavy (non-hydrogen) atoms. The van der Waals surface area contributed by atoms with Crippen LogP contribution in [0.5, 0.6) is 0 Å². The van der Waals surface area contributed by atoms with Gasteiger partial charge < -0.3 is 15.5 Å². The summed E-state index contributed by atoms with van der Waals surface area (Å²) in [7, 11) is 3.98. The minimum absolute atomic E-state index is 0.000123. The number of nitrogens with one attached hydrogen (secondary N) is 3. The number of anilines is 1. The van der Waals surface area contributed by atoms with E-state index in [-0.39, 0.29) is 17.4 Å². The molecule has 4 rings (SSSR count). The number of carbonyl (C=O) groups excluding carboxylic acids is 1. The monoisotopic (exact) mass is 461 g/mol. The van der Waals surface area contributed by atoms with Crippen molar-refractivity contribution in [1.29, 1.82) is 0 Å². The molecule has 3 aromatic heterocycles. The van der Waals surface area contributed by atoms with Gasteiger partial charge in [-0.2, -0.15) is 5.10 Å². The fourth-order valence-corrected chi connectivity index (χ4v) is 4.55. The Bertz CT molecular complexity index is 1140. The molecule has 8 heteroatoms. The zero-order chi connectivity index (χ0) is 24.3. The molecule has 8 nitrogen and oxygen atoms in total. The van der Waals surface area contributed by atoms with E-state index in [1.165, 1.54) is 11.3 Å². The van der Waals surface area contributed by atoms with Crippen LogP contribution in [-0.2, 0) is 19.4 Å². The first-order valence-electron chi connectivity index (χ1n) is 11.9. The third-order valence-corrected chi connectivity index (χ3v) is 6.20. The van der Waals surface area contributed by atoms with Crippen molar-refractivity contribution in [2.45, 2.75) is 52.6 Å². The lowest BCUT2D eigenvalue weighted by molar-refractivity contribution is 0.0929. The van der Waals surface area contributed by atoms with Gasteiger partial charge in [0, 0.05) is 48.3 Å². The predicted octanol–water partition coefficient (Wildman–Crippen LogP) is 3.67. The van der Waals surface area contributed by atoms with Crippen LogP contribution in [0.15, 0.2) is 36.7 Å². The summed E-state index contributed by atoms with van der Waals surface area (Å²) in [6.45, 7) is 7.89. The number of aromatic amines is 1. The summed E-state index contributed by atoms with van der Waals surface area (Å²) in [5, 5.41) is 14.3. The zero-order valence-electron chi connectivity index (χ0n) is 20.8. The van der Waals surface area contributed by atoms with Gasteiger partial charge in [0.25, 0.3) is 5.91 Å². The predicted molar refractivity (Wildman–Crippen MR) is 135 cm³/mol. The summed E-state index contributed by atoms with van der Waals surface area (Å²) in [6, 6.07) is 7.74. The van der Waals surface area contributed by atoms with Gasteiger partial charge in [-0.1, -0.05) is 19.9 Å². The van der Waals surface area contributed by atoms with Crippen molar-refractivity contribution < 1.29 is 4.79 Å². The number of rotatable bonds is 8. The number of carbonyl (C=O) groups is 1. The second-order valence-electron chi connectivity index (χ2n) is 10.3. The average molecular weight is 462 g/mol. The van der Waals surface area contributed by atoms with Crippen molar-refractivity contribution in [3.8, 4) is 11.3 Å². The van der Waals surface area contributed by atoms with Gasteiger partial charge in [0.15, 0.2) is 0 Å². The van der Waals surface area contributed by atoms with E-state index in [2.05, 4.69) is 44.6 Å². The average Bonchev–Trinajstić information content (AvgIpc) is 3.19. The van der Waals surface area contributed by atoms with E-state index in [4.69, 9.17) is 0 Å². The molecule has 1 aliphatic rings. The molecular formula is C26H35N7O. The molecule has 0 spiro atoms. The molecule has 0 saturated carbocycles. The molecule has 0 bridgehead atoms. The molecule has 3 heterocycles. The first kappa shape index (κ1) is 23.9. The highest BCUT2D eigenvalue weighted by atomic mass is 16.1. The van der Waals surface area contributed by atoms with E-state index < -0.39 is 0 Å². The molecule has 0 aliphatic heterocycles. The lowest BCUT2D eigenvalue weighted by atomic mass is 9.76. The quantitative estimate of drug-likeness (QED) is 0.473. The Hall–Kier alpha value is -3.26. The number of pyridine rings is 2. The van der Waals surface area contributed by atoms with Crippen molar-refractivity contribution in [3.63, 3.8) is 0 Å². The van der Waals surface area contributed by atoms with Crippen LogP contribution < -0.4 is 10.6 Å². The van der Waals surface area contributed by atoms with E-state index >= 15 is 0 Å². The highest BCUT2D eigenvalue weighted by Gasteiger charge is 2.29. The first-order valence-corrected chi connectivity index (χ1v) is 11.9. The van der Waals surface area contributed by atoms with Crippen molar-refractivity contribution in [1.82, 2.24) is 30.4 Å². The Morgan fingerprint density at radius 2 is 2.12 bits per heavy atom. The third kappa shape index (κ3) is 5.80. The van der Waals surface area contributed by atoms with Crippen molar-refractivity contribution in [3.05, 3.63) is 59.2 Å². The molecule has 3 aromatic rings. The van der Waals surface area contributed by atoms with Gasteiger partial charge in [-0.3, -0.25) is 14.9 Å². The van der Waals surface area contributed by atoms with Crippen LogP contribution in [0.2, 0.25) is 0 Å². The van der Waals surface area contributed by atoms with Gasteiger partial charge in [0.05, 0.1) is 5.69 Å². The maximum Gasteiger partial charge on any atom is 0.270 e. The molecule has 180 valence electrons. The van der Waals surface area contributed by atoms with E-state index in [1.807, 2.05) is 56.4 Å². The fraction of sp³-hybridized carbons (Fsp3) is 0.462. The number of nitrogens with zero attached hydrogens (tertiary/aromatic N) is 4. The standard InChI is InChI=1S/C26H35N7O/c1-17(16-33(4)5)29-25(34)21-11-19(12-23(30-21)28-15-18-7-6-10-27-14-18)24-20-8-9-26(2,3)13-22(20)31-32-24/h6-7,10-12,14,17H,8-9,13,15-16H2,1-5H3,(H,28,30)(H,29,34)(H,31,32). The van der Waals surface area contributed by atoms with Crippen molar-refractivity contribution in [2.75, 3.05) is 26.0 Å². The molecule has 0 radical (unpaired) electrons. The van der Waals surface area contributed by atoms with Crippen LogP contribution in [0.4, 0.5) is 5.82 Å². The topological polar surface area (TPSA) is 98.8 Å². The molecule has 1 unspecified atom stereocenters. The largest absolute Gasteiger partial charge is 0.366 e. The SMILES string of the molecule is CC(CN(C)C)NC(=O)c1cc(-c2n[nH]c3c2CCC(C)(C)C3)cc(NCc2cccnc2)n1. The van der Waals surface area contributed by atoms with Crippen LogP contribution in [0, 0.1) is 5.41 Å². The van der Waals surface area contributed by atoms with E-state index in [1.54, 1.807) is 6.20 Å². The Morgan fingerprint density at radius 1 is 1.29 bits per heavy atom. The lowest BCUT2D eigenvalue weighted by Gasteiger charge is -2.29. The van der Waals surface area contributed by atoms with Gasteiger partial charge in [0.2, 0.25) is 0 Å². The van der Waals surface area contributed by atoms with E-state index in [0.29, 0.717) is 18.1 Å². The second-order valence-corrected chi connectivity index (χ2v) is 10.3. The number of H-pyrrole nitrogens is 1. The molecule has 0 saturated heterocycles. The maximum absolute atomic E-state index is 13.1. The minimum Gasteiger partial charge on any atom is -0.366 e. The Morgan fingerprint density at radius 3 is 2.85 bits per heavy atom. The Labute approximate surface area is 201 Å². The number of hydrogen-bond acceptors (Lipinski definition) is 6. The van der Waals surface area contributed by atoms with Gasteiger partial charge >= 0.3 is 0 Å². The summed E-state index contributed by atoms with van der Waals surface area (Å²) < 4.78 is 0. The summed E-state index contributed by atoms with van der Waals surface area (Å²) in [5.74, 6) is 0.450. The molecular weight excluding hydrogens is 426 g/mol. The molecule has 0 fully saturated rings. The van der Waals surface area contributed by atoms with Crippen molar-refractivity contribution in [2.24, 2.45) is 5.41 Å². The highest BCUT2D eigenvalue weighted by Crippen LogP contribution is 2.38. The smallest absolute Gasteiger partial charge is 0.270 e. The van der Waals surface area contributed by atoms with E-state index in [0.717, 1.165) is 42.6 Å². The molecule has 1 amide bonds. The summed E-state index contributed by atoms with van der Waals surface area (Å²) in [6.07, 6.45) is 6.62. The number of amides is 1. The van der Waals surface area contributed by atoms with Gasteiger partial charge in [-0.05, 0) is 69.5 Å². The molecule has 1 atom stereocenters. The van der Waals surface area contributed by atoms with Crippen LogP contribution >= 0.6 is 0 Å². The third-order valence-electron chi connectivity index (χ3n) is 6.20. The van der Waals surface area contributed by atoms with Crippen molar-refractivity contribution >= 4 is 11.7 Å². The summed E-state index contributed by atoms with van der Waals surface area (Å²) in [4.78, 5) is 24.0. The van der Waals surface area contributed by atoms with Crippen LogP contribution in [-0.4, -0.2) is 57.7 Å². The van der Waals surface area contributed by atoms with Gasteiger partial charge in [-0.25, -0.2) is 4.98 Å². The zero-order valence-corrected chi connectivity index (χ0v) is 20.8. The maximum atomic E-state index is 13.1. The molecule has 1 aliphatic carbocycles. The number of likely N-dealkylation sites (N-methyl/N-ethyl adjacent to an activating group) is 1. The molecule has 0 aromatic carbocycles. The number of fused-ring (bicyclic) bond motifs is 1. The second kappa shape index (κ2) is 9.93. The first-order chi connectivity index (χ1) is 16.2. The van der Waals surface area contributed by atoms with E-state index in [9.17, 15) is 4.79 Å². The van der Waals surface area contributed by atoms with Crippen LogP contribution in [0.25, 0.3) is 11.3 Å². The lowest BCUT2D eigenvalue weighted by Crippen LogP contribution is -2.39. The minimum atomic E-state index is -0.189. The Balaban J connectivity index is 1.65. The fourth-order valence-electron chi connectivity index (χ4n) is 4.55. The Kier molecular flexibility index (Phi) is 6.97. The summed E-state index contributed by atoms with van der Waals surface area (Å²) in [5.41, 5.74) is 5.93. The van der Waals surface area contributed by atoms with Crippen LogP contribution in [0.1, 0.15) is 54.5 Å². The number of hydrogen-bond donors (Lipinski definition) is 3. The van der Waals surface area contributed by atoms with Gasteiger partial charge in [-0.15, -0.1) is 0 Å². The molecule has 3 N–H and O–H groups in total. The number of aromatic nitrogens is 4. The van der Waals surface area contributed by atoms with Crippen LogP contribution in [0.3, 0.4) is 0 Å². The summed E-state index contributed by atoms with van der Waals surface area (Å²) >= 11 is 0.